The van der Waals surface area contributed by atoms with Crippen molar-refractivity contribution in [3.05, 3.63) is 78.0 Å². The molecule has 0 unspecified atom stereocenters. The Bertz CT molecular complexity index is 1210. The lowest BCUT2D eigenvalue weighted by Crippen LogP contribution is -2.25. The summed E-state index contributed by atoms with van der Waals surface area (Å²) in [5.74, 6) is -0.644. The van der Waals surface area contributed by atoms with E-state index in [4.69, 9.17) is 0 Å². The van der Waals surface area contributed by atoms with Crippen LogP contribution in [-0.2, 0) is 19.8 Å². The maximum Gasteiger partial charge on any atom is 0.435 e. The number of amides is 1. The van der Waals surface area contributed by atoms with Crippen LogP contribution in [0.1, 0.15) is 21.7 Å². The average Bonchev–Trinajstić information content (AvgIpc) is 3.40. The maximum absolute atomic E-state index is 12.8. The summed E-state index contributed by atoms with van der Waals surface area (Å²) < 4.78 is 39.3. The van der Waals surface area contributed by atoms with Crippen molar-refractivity contribution in [2.24, 2.45) is 7.05 Å². The number of pyridine rings is 1. The van der Waals surface area contributed by atoms with Gasteiger partial charge in [0.1, 0.15) is 5.69 Å². The van der Waals surface area contributed by atoms with E-state index >= 15 is 0 Å². The van der Waals surface area contributed by atoms with E-state index in [1.165, 1.54) is 7.05 Å². The van der Waals surface area contributed by atoms with Crippen molar-refractivity contribution in [1.82, 2.24) is 30.3 Å². The Hall–Kier alpha value is -3.95. The molecule has 31 heavy (non-hydrogen) atoms. The number of alkyl halides is 3. The number of hydrogen-bond donors (Lipinski definition) is 2. The van der Waals surface area contributed by atoms with E-state index in [-0.39, 0.29) is 12.2 Å². The minimum Gasteiger partial charge on any atom is -0.347 e. The maximum atomic E-state index is 12.8. The number of carbonyl (C=O) groups excluding carboxylic acids is 1. The van der Waals surface area contributed by atoms with Crippen LogP contribution in [0.3, 0.4) is 0 Å². The van der Waals surface area contributed by atoms with Gasteiger partial charge in [0.2, 0.25) is 0 Å². The Balaban J connectivity index is 1.51. The second-order valence-corrected chi connectivity index (χ2v) is 6.81. The Morgan fingerprint density at radius 2 is 1.90 bits per heavy atom. The van der Waals surface area contributed by atoms with Crippen molar-refractivity contribution < 1.29 is 18.0 Å². The molecule has 2 N–H and O–H groups in total. The molecule has 0 spiro atoms. The number of hydrogen-bond acceptors (Lipinski definition) is 4. The summed E-state index contributed by atoms with van der Waals surface area (Å²) in [5.41, 5.74) is 3.02. The van der Waals surface area contributed by atoms with Crippen LogP contribution >= 0.6 is 0 Å². The van der Waals surface area contributed by atoms with Crippen molar-refractivity contribution in [3.63, 3.8) is 0 Å². The zero-order valence-corrected chi connectivity index (χ0v) is 16.3. The third-order valence-electron chi connectivity index (χ3n) is 4.70. The zero-order valence-electron chi connectivity index (χ0n) is 16.3. The molecule has 1 aromatic carbocycles. The first-order chi connectivity index (χ1) is 14.8. The Kier molecular flexibility index (Phi) is 5.28. The topological polar surface area (TPSA) is 88.5 Å². The molecule has 0 aliphatic rings. The van der Waals surface area contributed by atoms with Gasteiger partial charge < -0.3 is 5.32 Å². The molecule has 7 nitrogen and oxygen atoms in total. The molecule has 158 valence electrons. The summed E-state index contributed by atoms with van der Waals surface area (Å²) >= 11 is 0. The lowest BCUT2D eigenvalue weighted by molar-refractivity contribution is -0.141. The minimum absolute atomic E-state index is 0.137. The van der Waals surface area contributed by atoms with E-state index < -0.39 is 17.8 Å². The van der Waals surface area contributed by atoms with Crippen molar-refractivity contribution in [1.29, 1.82) is 0 Å². The van der Waals surface area contributed by atoms with Crippen LogP contribution < -0.4 is 5.32 Å². The number of H-pyrrole nitrogens is 1. The largest absolute Gasteiger partial charge is 0.435 e. The lowest BCUT2D eigenvalue weighted by Gasteiger charge is -2.08. The van der Waals surface area contributed by atoms with Gasteiger partial charge in [0.15, 0.2) is 5.69 Å². The number of benzene rings is 1. The van der Waals surface area contributed by atoms with Crippen LogP contribution in [-0.4, -0.2) is 30.9 Å². The number of nitrogens with zero attached hydrogens (tertiary/aromatic N) is 4. The Labute approximate surface area is 174 Å². The number of aromatic amines is 1. The number of aryl methyl sites for hydroxylation is 1. The van der Waals surface area contributed by atoms with E-state index in [0.717, 1.165) is 38.7 Å². The number of halogens is 3. The van der Waals surface area contributed by atoms with E-state index in [2.05, 4.69) is 25.6 Å². The molecule has 0 saturated carbocycles. The first kappa shape index (κ1) is 20.3. The molecular formula is C21H17F3N6O. The van der Waals surface area contributed by atoms with Gasteiger partial charge in [-0.2, -0.15) is 23.4 Å². The molecule has 1 amide bonds. The summed E-state index contributed by atoms with van der Waals surface area (Å²) in [6.45, 7) is 0.137. The zero-order chi connectivity index (χ0) is 22.0. The normalized spacial score (nSPS) is 11.5. The molecule has 0 fully saturated rings. The van der Waals surface area contributed by atoms with Crippen LogP contribution in [0.5, 0.6) is 0 Å². The van der Waals surface area contributed by atoms with Crippen LogP contribution in [0.15, 0.2) is 61.1 Å². The average molecular weight is 426 g/mol. The molecule has 0 aliphatic heterocycles. The Morgan fingerprint density at radius 1 is 1.13 bits per heavy atom. The minimum atomic E-state index is -4.61. The van der Waals surface area contributed by atoms with Crippen molar-refractivity contribution in [3.8, 4) is 22.4 Å². The highest BCUT2D eigenvalue weighted by molar-refractivity contribution is 5.92. The quantitative estimate of drug-likeness (QED) is 0.508. The van der Waals surface area contributed by atoms with E-state index in [1.54, 1.807) is 18.6 Å². The molecule has 0 bridgehead atoms. The third-order valence-corrected chi connectivity index (χ3v) is 4.70. The van der Waals surface area contributed by atoms with Gasteiger partial charge in [-0.15, -0.1) is 0 Å². The predicted molar refractivity (Wildman–Crippen MR) is 107 cm³/mol. The van der Waals surface area contributed by atoms with Crippen molar-refractivity contribution in [2.45, 2.75) is 12.7 Å². The van der Waals surface area contributed by atoms with E-state index in [0.29, 0.717) is 0 Å². The lowest BCUT2D eigenvalue weighted by atomic mass is 10.0. The summed E-state index contributed by atoms with van der Waals surface area (Å²) in [5, 5.41) is 13.1. The van der Waals surface area contributed by atoms with Gasteiger partial charge in [0.05, 0.1) is 11.9 Å². The number of rotatable bonds is 5. The molecule has 3 heterocycles. The van der Waals surface area contributed by atoms with Crippen LogP contribution in [0, 0.1) is 0 Å². The van der Waals surface area contributed by atoms with Gasteiger partial charge in [0.25, 0.3) is 5.91 Å². The summed E-state index contributed by atoms with van der Waals surface area (Å²) in [6, 6.07) is 11.9. The number of carbonyl (C=O) groups is 1. The smallest absolute Gasteiger partial charge is 0.347 e. The van der Waals surface area contributed by atoms with Crippen LogP contribution in [0.25, 0.3) is 22.4 Å². The monoisotopic (exact) mass is 426 g/mol. The summed E-state index contributed by atoms with van der Waals surface area (Å²) in [7, 11) is 1.30. The SMILES string of the molecule is Cn1nc(C(F)(F)F)cc1C(=O)NCc1cccc(-c2[nH]ncc2-c2ccncc2)c1. The number of nitrogens with one attached hydrogen (secondary N) is 2. The molecule has 0 radical (unpaired) electrons. The van der Waals surface area contributed by atoms with Gasteiger partial charge in [0, 0.05) is 43.2 Å². The van der Waals surface area contributed by atoms with Crippen LogP contribution in [0.2, 0.25) is 0 Å². The molecule has 0 atom stereocenters. The van der Waals surface area contributed by atoms with Crippen molar-refractivity contribution >= 4 is 5.91 Å². The van der Waals surface area contributed by atoms with Crippen molar-refractivity contribution in [2.75, 3.05) is 0 Å². The highest BCUT2D eigenvalue weighted by Crippen LogP contribution is 2.30. The number of aromatic nitrogens is 5. The fourth-order valence-electron chi connectivity index (χ4n) is 3.18. The molecule has 0 saturated heterocycles. The summed E-state index contributed by atoms with van der Waals surface area (Å²) in [4.78, 5) is 16.4. The predicted octanol–water partition coefficient (Wildman–Crippen LogP) is 3.82. The van der Waals surface area contributed by atoms with Gasteiger partial charge >= 0.3 is 6.18 Å². The van der Waals surface area contributed by atoms with E-state index in [1.807, 2.05) is 36.4 Å². The van der Waals surface area contributed by atoms with Gasteiger partial charge in [-0.1, -0.05) is 18.2 Å². The third kappa shape index (κ3) is 4.32. The highest BCUT2D eigenvalue weighted by atomic mass is 19.4. The molecule has 4 aromatic rings. The Morgan fingerprint density at radius 3 is 2.61 bits per heavy atom. The highest BCUT2D eigenvalue weighted by Gasteiger charge is 2.35. The van der Waals surface area contributed by atoms with Gasteiger partial charge in [-0.3, -0.25) is 19.6 Å². The summed E-state index contributed by atoms with van der Waals surface area (Å²) in [6.07, 6.45) is 0.502. The molecule has 4 rings (SSSR count). The van der Waals surface area contributed by atoms with Gasteiger partial charge in [-0.05, 0) is 29.3 Å². The second kappa shape index (κ2) is 8.05. The second-order valence-electron chi connectivity index (χ2n) is 6.81. The fourth-order valence-corrected chi connectivity index (χ4v) is 3.18. The first-order valence-electron chi connectivity index (χ1n) is 9.25. The molecule has 10 heteroatoms. The van der Waals surface area contributed by atoms with Crippen LogP contribution in [0.4, 0.5) is 13.2 Å². The molecule has 3 aromatic heterocycles. The van der Waals surface area contributed by atoms with Gasteiger partial charge in [-0.25, -0.2) is 0 Å². The molecular weight excluding hydrogens is 409 g/mol. The molecule has 0 aliphatic carbocycles. The first-order valence-corrected chi connectivity index (χ1v) is 9.25. The standard InChI is InChI=1S/C21H17F3N6O/c1-30-17(10-18(29-30)21(22,23)24)20(31)26-11-13-3-2-4-15(9-13)19-16(12-27-28-19)14-5-7-25-8-6-14/h2-10,12H,11H2,1H3,(H,26,31)(H,27,28). The fraction of sp³-hybridized carbons (Fsp3) is 0.143. The van der Waals surface area contributed by atoms with E-state index in [9.17, 15) is 18.0 Å².